The Morgan fingerprint density at radius 2 is 1.95 bits per heavy atom. The molecule has 116 valence electrons. The molecule has 5 nitrogen and oxygen atoms in total. The monoisotopic (exact) mass is 304 g/mol. The standard InChI is InChI=1S/C16H17FN2O3/c1-10-6-18-7-11(9-22-10)14(17)8-19-15(20)12-4-2-3-5-13(12)16(19)21/h2-5,10,18H,6-9H2,1H3/b14-11+/t10-/m0/s1. The van der Waals surface area contributed by atoms with Crippen LogP contribution in [0.3, 0.4) is 0 Å². The Balaban J connectivity index is 1.79. The van der Waals surface area contributed by atoms with E-state index in [0.717, 1.165) is 4.90 Å². The van der Waals surface area contributed by atoms with Gasteiger partial charge in [0.2, 0.25) is 0 Å². The molecule has 0 spiro atoms. The third-order valence-corrected chi connectivity index (χ3v) is 3.87. The number of hydrogen-bond donors (Lipinski definition) is 1. The van der Waals surface area contributed by atoms with Crippen molar-refractivity contribution in [2.75, 3.05) is 26.2 Å². The minimum absolute atomic E-state index is 0.00426. The summed E-state index contributed by atoms with van der Waals surface area (Å²) >= 11 is 0. The van der Waals surface area contributed by atoms with E-state index in [0.29, 0.717) is 29.8 Å². The van der Waals surface area contributed by atoms with E-state index < -0.39 is 17.6 Å². The number of fused-ring (bicyclic) bond motifs is 1. The van der Waals surface area contributed by atoms with Crippen molar-refractivity contribution in [1.82, 2.24) is 10.2 Å². The summed E-state index contributed by atoms with van der Waals surface area (Å²) in [5.74, 6) is -1.39. The Labute approximate surface area is 127 Å². The van der Waals surface area contributed by atoms with Gasteiger partial charge in [0.15, 0.2) is 0 Å². The van der Waals surface area contributed by atoms with E-state index in [2.05, 4.69) is 5.32 Å². The molecule has 2 amide bonds. The van der Waals surface area contributed by atoms with Gasteiger partial charge in [-0.2, -0.15) is 0 Å². The second kappa shape index (κ2) is 5.98. The van der Waals surface area contributed by atoms with Gasteiger partial charge >= 0.3 is 0 Å². The average Bonchev–Trinajstić information content (AvgIpc) is 2.69. The van der Waals surface area contributed by atoms with Crippen LogP contribution in [0.4, 0.5) is 4.39 Å². The smallest absolute Gasteiger partial charge is 0.261 e. The molecule has 3 rings (SSSR count). The van der Waals surface area contributed by atoms with Crippen LogP contribution in [0.25, 0.3) is 0 Å². The maximum absolute atomic E-state index is 14.4. The van der Waals surface area contributed by atoms with E-state index in [9.17, 15) is 14.0 Å². The first-order valence-corrected chi connectivity index (χ1v) is 7.22. The van der Waals surface area contributed by atoms with E-state index in [1.165, 1.54) is 0 Å². The van der Waals surface area contributed by atoms with Crippen LogP contribution in [0.5, 0.6) is 0 Å². The first kappa shape index (κ1) is 14.9. The van der Waals surface area contributed by atoms with E-state index in [4.69, 9.17) is 4.74 Å². The van der Waals surface area contributed by atoms with Gasteiger partial charge in [-0.3, -0.25) is 14.5 Å². The number of ether oxygens (including phenoxy) is 1. The fourth-order valence-electron chi connectivity index (χ4n) is 2.59. The largest absolute Gasteiger partial charge is 0.373 e. The summed E-state index contributed by atoms with van der Waals surface area (Å²) in [5, 5.41) is 3.08. The van der Waals surface area contributed by atoms with Crippen LogP contribution in [0.15, 0.2) is 35.7 Å². The Hall–Kier alpha value is -2.05. The summed E-state index contributed by atoms with van der Waals surface area (Å²) in [5.41, 5.74) is 1.10. The lowest BCUT2D eigenvalue weighted by molar-refractivity contribution is 0.0655. The van der Waals surface area contributed by atoms with Gasteiger partial charge in [0.25, 0.3) is 11.8 Å². The summed E-state index contributed by atoms with van der Waals surface area (Å²) in [6.07, 6.45) is 0.00426. The third-order valence-electron chi connectivity index (χ3n) is 3.87. The molecule has 2 aliphatic heterocycles. The number of benzene rings is 1. The number of imide groups is 1. The molecule has 1 aromatic rings. The second-order valence-electron chi connectivity index (χ2n) is 5.50. The van der Waals surface area contributed by atoms with Crippen LogP contribution in [0, 0.1) is 0 Å². The van der Waals surface area contributed by atoms with Crippen molar-refractivity contribution in [3.8, 4) is 0 Å². The summed E-state index contributed by atoms with van der Waals surface area (Å²) in [6, 6.07) is 6.54. The zero-order valence-corrected chi connectivity index (χ0v) is 12.3. The Bertz CT molecular complexity index is 622. The van der Waals surface area contributed by atoms with Crippen LogP contribution >= 0.6 is 0 Å². The highest BCUT2D eigenvalue weighted by molar-refractivity contribution is 6.21. The van der Waals surface area contributed by atoms with E-state index >= 15 is 0 Å². The molecule has 0 aliphatic carbocycles. The Kier molecular flexibility index (Phi) is 4.04. The zero-order chi connectivity index (χ0) is 15.7. The molecule has 6 heteroatoms. The summed E-state index contributed by atoms with van der Waals surface area (Å²) in [7, 11) is 0. The molecule has 1 saturated heterocycles. The van der Waals surface area contributed by atoms with Crippen molar-refractivity contribution < 1.29 is 18.7 Å². The van der Waals surface area contributed by atoms with Crippen molar-refractivity contribution in [3.63, 3.8) is 0 Å². The first-order chi connectivity index (χ1) is 10.6. The first-order valence-electron chi connectivity index (χ1n) is 7.22. The normalized spacial score (nSPS) is 24.3. The SMILES string of the molecule is C[C@H]1CNC/C(=C(\F)CN2C(=O)c3ccccc3C2=O)CO1. The molecule has 0 saturated carbocycles. The lowest BCUT2D eigenvalue weighted by Crippen LogP contribution is -2.32. The number of amides is 2. The molecule has 2 heterocycles. The van der Waals surface area contributed by atoms with Crippen molar-refractivity contribution >= 4 is 11.8 Å². The highest BCUT2D eigenvalue weighted by Gasteiger charge is 2.36. The van der Waals surface area contributed by atoms with Gasteiger partial charge in [-0.1, -0.05) is 12.1 Å². The van der Waals surface area contributed by atoms with Crippen LogP contribution in [0.1, 0.15) is 27.6 Å². The highest BCUT2D eigenvalue weighted by Crippen LogP contribution is 2.24. The lowest BCUT2D eigenvalue weighted by Gasteiger charge is -2.14. The average molecular weight is 304 g/mol. The van der Waals surface area contributed by atoms with Gasteiger partial charge in [-0.15, -0.1) is 0 Å². The quantitative estimate of drug-likeness (QED) is 0.842. The third kappa shape index (κ3) is 2.67. The number of nitrogens with zero attached hydrogens (tertiary/aromatic N) is 1. The molecular weight excluding hydrogens is 287 g/mol. The minimum Gasteiger partial charge on any atom is -0.373 e. The molecule has 0 bridgehead atoms. The fourth-order valence-corrected chi connectivity index (χ4v) is 2.59. The number of hydrogen-bond acceptors (Lipinski definition) is 4. The van der Waals surface area contributed by atoms with Crippen LogP contribution in [-0.2, 0) is 4.74 Å². The minimum atomic E-state index is -0.490. The molecule has 1 aromatic carbocycles. The van der Waals surface area contributed by atoms with Crippen molar-refractivity contribution in [1.29, 1.82) is 0 Å². The maximum atomic E-state index is 14.4. The predicted molar refractivity (Wildman–Crippen MR) is 78.2 cm³/mol. The van der Waals surface area contributed by atoms with Gasteiger partial charge in [-0.05, 0) is 19.1 Å². The molecule has 2 aliphatic rings. The molecule has 0 aromatic heterocycles. The zero-order valence-electron chi connectivity index (χ0n) is 12.3. The van der Waals surface area contributed by atoms with E-state index in [1.54, 1.807) is 24.3 Å². The Morgan fingerprint density at radius 3 is 2.59 bits per heavy atom. The molecule has 1 atom stereocenters. The summed E-state index contributed by atoms with van der Waals surface area (Å²) in [6.45, 7) is 2.73. The molecule has 0 unspecified atom stereocenters. The van der Waals surface area contributed by atoms with Crippen molar-refractivity contribution in [3.05, 3.63) is 46.8 Å². The Morgan fingerprint density at radius 1 is 1.32 bits per heavy atom. The number of carbonyl (C=O) groups is 2. The van der Waals surface area contributed by atoms with Crippen molar-refractivity contribution in [2.24, 2.45) is 0 Å². The highest BCUT2D eigenvalue weighted by atomic mass is 19.1. The van der Waals surface area contributed by atoms with Crippen LogP contribution in [-0.4, -0.2) is 49.1 Å². The number of nitrogens with one attached hydrogen (secondary N) is 1. The topological polar surface area (TPSA) is 58.6 Å². The maximum Gasteiger partial charge on any atom is 0.261 e. The summed E-state index contributed by atoms with van der Waals surface area (Å²) in [4.78, 5) is 25.4. The van der Waals surface area contributed by atoms with Gasteiger partial charge in [0.05, 0.1) is 30.4 Å². The molecule has 1 N–H and O–H groups in total. The van der Waals surface area contributed by atoms with Gasteiger partial charge in [0, 0.05) is 18.7 Å². The molecular formula is C16H17FN2O3. The van der Waals surface area contributed by atoms with Gasteiger partial charge in [-0.25, -0.2) is 4.39 Å². The lowest BCUT2D eigenvalue weighted by atomic mass is 10.1. The second-order valence-corrected chi connectivity index (χ2v) is 5.50. The number of rotatable bonds is 2. The van der Waals surface area contributed by atoms with Crippen molar-refractivity contribution in [2.45, 2.75) is 13.0 Å². The van der Waals surface area contributed by atoms with E-state index in [1.807, 2.05) is 6.92 Å². The van der Waals surface area contributed by atoms with E-state index in [-0.39, 0.29) is 19.3 Å². The van der Waals surface area contributed by atoms with Gasteiger partial charge < -0.3 is 10.1 Å². The predicted octanol–water partition coefficient (Wildman–Crippen LogP) is 1.51. The summed E-state index contributed by atoms with van der Waals surface area (Å²) < 4.78 is 19.9. The van der Waals surface area contributed by atoms with Crippen LogP contribution < -0.4 is 5.32 Å². The number of halogens is 1. The fraction of sp³-hybridized carbons (Fsp3) is 0.375. The number of carbonyl (C=O) groups excluding carboxylic acids is 2. The van der Waals surface area contributed by atoms with Crippen LogP contribution in [0.2, 0.25) is 0 Å². The molecule has 0 radical (unpaired) electrons. The van der Waals surface area contributed by atoms with Gasteiger partial charge in [0.1, 0.15) is 5.83 Å². The molecule has 1 fully saturated rings. The molecule has 22 heavy (non-hydrogen) atoms.